The van der Waals surface area contributed by atoms with Crippen molar-refractivity contribution in [2.24, 2.45) is 0 Å². The summed E-state index contributed by atoms with van der Waals surface area (Å²) in [5.41, 5.74) is 7.54. The van der Waals surface area contributed by atoms with E-state index in [1.54, 1.807) is 0 Å². The molecule has 6 aromatic rings. The number of thiophene rings is 1. The summed E-state index contributed by atoms with van der Waals surface area (Å²) in [5.74, 6) is 0. The molecule has 5 aromatic carbocycles. The highest BCUT2D eigenvalue weighted by Crippen LogP contribution is 2.47. The van der Waals surface area contributed by atoms with Crippen LogP contribution in [-0.4, -0.2) is 0 Å². The topological polar surface area (TPSA) is 0 Å². The quantitative estimate of drug-likeness (QED) is 0.257. The van der Waals surface area contributed by atoms with Crippen LogP contribution in [0, 0.1) is 0 Å². The second-order valence-corrected chi connectivity index (χ2v) is 9.18. The lowest BCUT2D eigenvalue weighted by molar-refractivity contribution is 1.59. The third-order valence-electron chi connectivity index (χ3n) is 6.11. The maximum Gasteiger partial charge on any atom is 0.0434 e. The smallest absolute Gasteiger partial charge is 0.0434 e. The van der Waals surface area contributed by atoms with Crippen LogP contribution >= 0.6 is 11.3 Å². The molecule has 0 bridgehead atoms. The van der Waals surface area contributed by atoms with Crippen molar-refractivity contribution < 1.29 is 0 Å². The molecule has 33 heavy (non-hydrogen) atoms. The average molecular weight is 439 g/mol. The molecule has 0 saturated heterocycles. The molecule has 0 aliphatic rings. The summed E-state index contributed by atoms with van der Waals surface area (Å²) in [6.45, 7) is 0. The Morgan fingerprint density at radius 2 is 0.848 bits per heavy atom. The lowest BCUT2D eigenvalue weighted by atomic mass is 9.93. The summed E-state index contributed by atoms with van der Waals surface area (Å²) >= 11 is 1.89. The van der Waals surface area contributed by atoms with Crippen LogP contribution in [0.1, 0.15) is 0 Å². The molecule has 0 fully saturated rings. The molecule has 156 valence electrons. The van der Waals surface area contributed by atoms with Crippen molar-refractivity contribution in [2.45, 2.75) is 0 Å². The van der Waals surface area contributed by atoms with Crippen molar-refractivity contribution in [2.75, 3.05) is 0 Å². The van der Waals surface area contributed by atoms with Crippen molar-refractivity contribution >= 4 is 22.1 Å². The molecule has 0 radical (unpaired) electrons. The van der Waals surface area contributed by atoms with Crippen molar-refractivity contribution in [1.82, 2.24) is 0 Å². The van der Waals surface area contributed by atoms with Gasteiger partial charge in [-0.25, -0.2) is 0 Å². The molecule has 0 aliphatic carbocycles. The standard InChI is InChI=1S/C32H22S/c1-4-12-23(13-5-1)26-20-21-29(30(22-26)24-14-6-2-7-15-24)32-28-19-11-10-18-27(28)31(33-32)25-16-8-3-9-17-25/h1-22H. The normalized spacial score (nSPS) is 11.0. The molecule has 0 amide bonds. The molecular formula is C32H22S. The van der Waals surface area contributed by atoms with Crippen LogP contribution in [0.3, 0.4) is 0 Å². The zero-order valence-corrected chi connectivity index (χ0v) is 18.9. The van der Waals surface area contributed by atoms with Crippen LogP contribution in [0.5, 0.6) is 0 Å². The van der Waals surface area contributed by atoms with E-state index in [0.29, 0.717) is 0 Å². The fourth-order valence-electron chi connectivity index (χ4n) is 4.50. The summed E-state index contributed by atoms with van der Waals surface area (Å²) < 4.78 is 0. The highest BCUT2D eigenvalue weighted by molar-refractivity contribution is 7.21. The van der Waals surface area contributed by atoms with E-state index in [1.807, 2.05) is 11.3 Å². The van der Waals surface area contributed by atoms with Gasteiger partial charge in [0.2, 0.25) is 0 Å². The maximum atomic E-state index is 2.34. The summed E-state index contributed by atoms with van der Waals surface area (Å²) in [6, 6.07) is 47.8. The Bertz CT molecular complexity index is 1530. The van der Waals surface area contributed by atoms with E-state index in [2.05, 4.69) is 133 Å². The van der Waals surface area contributed by atoms with Crippen LogP contribution in [0.2, 0.25) is 0 Å². The Morgan fingerprint density at radius 3 is 1.48 bits per heavy atom. The van der Waals surface area contributed by atoms with Crippen LogP contribution in [0.4, 0.5) is 0 Å². The van der Waals surface area contributed by atoms with Crippen LogP contribution in [0.25, 0.3) is 53.9 Å². The van der Waals surface area contributed by atoms with E-state index < -0.39 is 0 Å². The first-order chi connectivity index (χ1) is 16.4. The Morgan fingerprint density at radius 1 is 0.333 bits per heavy atom. The van der Waals surface area contributed by atoms with Crippen LogP contribution in [0.15, 0.2) is 133 Å². The SMILES string of the molecule is c1ccc(-c2ccc(-c3sc(-c4ccccc4)c4ccccc34)c(-c3ccccc3)c2)cc1. The molecule has 0 unspecified atom stereocenters. The predicted octanol–water partition coefficient (Wildman–Crippen LogP) is 9.57. The zero-order valence-electron chi connectivity index (χ0n) is 18.1. The maximum absolute atomic E-state index is 2.34. The van der Waals surface area contributed by atoms with E-state index in [4.69, 9.17) is 0 Å². The number of benzene rings is 5. The van der Waals surface area contributed by atoms with Crippen molar-refractivity contribution in [3.8, 4) is 43.1 Å². The number of hydrogen-bond acceptors (Lipinski definition) is 1. The monoisotopic (exact) mass is 438 g/mol. The molecule has 0 N–H and O–H groups in total. The second kappa shape index (κ2) is 8.54. The van der Waals surface area contributed by atoms with Gasteiger partial charge >= 0.3 is 0 Å². The van der Waals surface area contributed by atoms with Gasteiger partial charge in [0.15, 0.2) is 0 Å². The van der Waals surface area contributed by atoms with E-state index >= 15 is 0 Å². The van der Waals surface area contributed by atoms with Crippen LogP contribution in [-0.2, 0) is 0 Å². The molecule has 1 heteroatoms. The summed E-state index contributed by atoms with van der Waals surface area (Å²) in [6.07, 6.45) is 0. The largest absolute Gasteiger partial charge is 0.134 e. The van der Waals surface area contributed by atoms with Gasteiger partial charge in [-0.3, -0.25) is 0 Å². The number of hydrogen-bond donors (Lipinski definition) is 0. The predicted molar refractivity (Wildman–Crippen MR) is 144 cm³/mol. The Balaban J connectivity index is 1.62. The van der Waals surface area contributed by atoms with Gasteiger partial charge in [0.1, 0.15) is 0 Å². The van der Waals surface area contributed by atoms with Gasteiger partial charge in [-0.15, -0.1) is 11.3 Å². The average Bonchev–Trinajstić information content (AvgIpc) is 3.29. The van der Waals surface area contributed by atoms with E-state index in [0.717, 1.165) is 0 Å². The third-order valence-corrected chi connectivity index (χ3v) is 7.42. The third kappa shape index (κ3) is 3.67. The molecule has 0 saturated carbocycles. The zero-order chi connectivity index (χ0) is 22.0. The van der Waals surface area contributed by atoms with Gasteiger partial charge in [0, 0.05) is 26.1 Å². The molecule has 6 rings (SSSR count). The first-order valence-corrected chi connectivity index (χ1v) is 12.0. The minimum Gasteiger partial charge on any atom is -0.134 e. The van der Waals surface area contributed by atoms with E-state index in [1.165, 1.54) is 53.9 Å². The molecule has 0 spiro atoms. The molecule has 0 aliphatic heterocycles. The van der Waals surface area contributed by atoms with E-state index in [9.17, 15) is 0 Å². The fourth-order valence-corrected chi connectivity index (χ4v) is 5.83. The molecular weight excluding hydrogens is 416 g/mol. The van der Waals surface area contributed by atoms with Crippen molar-refractivity contribution in [3.63, 3.8) is 0 Å². The molecule has 1 heterocycles. The van der Waals surface area contributed by atoms with Gasteiger partial charge in [-0.2, -0.15) is 0 Å². The fraction of sp³-hybridized carbons (Fsp3) is 0. The number of rotatable bonds is 4. The highest BCUT2D eigenvalue weighted by Gasteiger charge is 2.17. The summed E-state index contributed by atoms with van der Waals surface area (Å²) in [4.78, 5) is 2.65. The van der Waals surface area contributed by atoms with Crippen molar-refractivity contribution in [3.05, 3.63) is 133 Å². The first-order valence-electron chi connectivity index (χ1n) is 11.2. The first kappa shape index (κ1) is 19.7. The highest BCUT2D eigenvalue weighted by atomic mass is 32.1. The minimum atomic E-state index is 1.24. The summed E-state index contributed by atoms with van der Waals surface area (Å²) in [7, 11) is 0. The number of fused-ring (bicyclic) bond motifs is 1. The van der Waals surface area contributed by atoms with Gasteiger partial charge in [-0.05, 0) is 33.9 Å². The molecule has 1 aromatic heterocycles. The van der Waals surface area contributed by atoms with Gasteiger partial charge < -0.3 is 0 Å². The van der Waals surface area contributed by atoms with Gasteiger partial charge in [0.05, 0.1) is 0 Å². The summed E-state index contributed by atoms with van der Waals surface area (Å²) in [5, 5.41) is 2.63. The van der Waals surface area contributed by atoms with Gasteiger partial charge in [-0.1, -0.05) is 127 Å². The Hall–Kier alpha value is -3.94. The molecule has 0 nitrogen and oxygen atoms in total. The Labute approximate surface area is 198 Å². The lowest BCUT2D eigenvalue weighted by Crippen LogP contribution is -1.86. The van der Waals surface area contributed by atoms with Crippen LogP contribution < -0.4 is 0 Å². The van der Waals surface area contributed by atoms with E-state index in [-0.39, 0.29) is 0 Å². The molecule has 0 atom stereocenters. The Kier molecular flexibility index (Phi) is 5.10. The lowest BCUT2D eigenvalue weighted by Gasteiger charge is -2.12. The van der Waals surface area contributed by atoms with Crippen molar-refractivity contribution in [1.29, 1.82) is 0 Å². The second-order valence-electron chi connectivity index (χ2n) is 8.16. The minimum absolute atomic E-state index is 1.24. The van der Waals surface area contributed by atoms with Gasteiger partial charge in [0.25, 0.3) is 0 Å².